The molecular weight excluding hydrogens is 220 g/mol. The number of morpholine rings is 1. The number of anilines is 1. The number of rotatable bonds is 3. The molecule has 5 heteroatoms. The average Bonchev–Trinajstić information content (AvgIpc) is 2.30. The molecule has 1 aromatic rings. The first-order valence-electron chi connectivity index (χ1n) is 5.65. The van der Waals surface area contributed by atoms with Gasteiger partial charge in [0.05, 0.1) is 19.1 Å². The van der Waals surface area contributed by atoms with Gasteiger partial charge in [-0.25, -0.2) is 0 Å². The molecule has 1 heterocycles. The van der Waals surface area contributed by atoms with Gasteiger partial charge in [-0.1, -0.05) is 6.07 Å². The van der Waals surface area contributed by atoms with E-state index in [0.29, 0.717) is 25.3 Å². The van der Waals surface area contributed by atoms with Gasteiger partial charge in [0.25, 0.3) is 0 Å². The Balaban J connectivity index is 1.84. The van der Waals surface area contributed by atoms with Gasteiger partial charge in [0, 0.05) is 24.8 Å². The van der Waals surface area contributed by atoms with E-state index in [0.717, 1.165) is 6.54 Å². The SMILES string of the molecule is O=C(CC1CNCCO1)Nc1cccc(O)c1. The number of carbonyl (C=O) groups is 1. The fourth-order valence-electron chi connectivity index (χ4n) is 1.75. The number of hydrogen-bond donors (Lipinski definition) is 3. The van der Waals surface area contributed by atoms with Crippen LogP contribution in [0.25, 0.3) is 0 Å². The lowest BCUT2D eigenvalue weighted by molar-refractivity contribution is -0.119. The number of phenols is 1. The fourth-order valence-corrected chi connectivity index (χ4v) is 1.75. The fraction of sp³-hybridized carbons (Fsp3) is 0.417. The first-order chi connectivity index (χ1) is 8.24. The van der Waals surface area contributed by atoms with Crippen LogP contribution in [0.2, 0.25) is 0 Å². The molecular formula is C12H16N2O3. The third-order valence-corrected chi connectivity index (χ3v) is 2.55. The van der Waals surface area contributed by atoms with Crippen LogP contribution < -0.4 is 10.6 Å². The Morgan fingerprint density at radius 2 is 2.47 bits per heavy atom. The van der Waals surface area contributed by atoms with E-state index in [-0.39, 0.29) is 17.8 Å². The molecule has 1 fully saturated rings. The van der Waals surface area contributed by atoms with E-state index in [2.05, 4.69) is 10.6 Å². The van der Waals surface area contributed by atoms with Crippen molar-refractivity contribution in [3.05, 3.63) is 24.3 Å². The van der Waals surface area contributed by atoms with Gasteiger partial charge >= 0.3 is 0 Å². The number of ether oxygens (including phenoxy) is 1. The topological polar surface area (TPSA) is 70.6 Å². The maximum atomic E-state index is 11.7. The lowest BCUT2D eigenvalue weighted by atomic mass is 10.2. The Labute approximate surface area is 99.8 Å². The lowest BCUT2D eigenvalue weighted by Crippen LogP contribution is -2.40. The molecule has 0 aliphatic carbocycles. The third kappa shape index (κ3) is 3.72. The monoisotopic (exact) mass is 236 g/mol. The Bertz CT molecular complexity index is 389. The van der Waals surface area contributed by atoms with E-state index in [9.17, 15) is 9.90 Å². The predicted molar refractivity (Wildman–Crippen MR) is 64.0 cm³/mol. The minimum atomic E-state index is -0.107. The van der Waals surface area contributed by atoms with Crippen molar-refractivity contribution >= 4 is 11.6 Å². The summed E-state index contributed by atoms with van der Waals surface area (Å²) in [4.78, 5) is 11.7. The van der Waals surface area contributed by atoms with E-state index in [1.807, 2.05) is 0 Å². The standard InChI is InChI=1S/C12H16N2O3/c15-10-3-1-2-9(6-10)14-12(16)7-11-8-13-4-5-17-11/h1-3,6,11,13,15H,4-5,7-8H2,(H,14,16). The summed E-state index contributed by atoms with van der Waals surface area (Å²) in [7, 11) is 0. The van der Waals surface area contributed by atoms with Crippen molar-refractivity contribution in [1.29, 1.82) is 0 Å². The van der Waals surface area contributed by atoms with E-state index >= 15 is 0 Å². The Hall–Kier alpha value is -1.59. The second-order valence-corrected chi connectivity index (χ2v) is 4.00. The highest BCUT2D eigenvalue weighted by Gasteiger charge is 2.17. The molecule has 92 valence electrons. The number of benzene rings is 1. The van der Waals surface area contributed by atoms with E-state index < -0.39 is 0 Å². The van der Waals surface area contributed by atoms with Gasteiger partial charge in [0.1, 0.15) is 5.75 Å². The number of nitrogens with one attached hydrogen (secondary N) is 2. The number of carbonyl (C=O) groups excluding carboxylic acids is 1. The number of amides is 1. The Morgan fingerprint density at radius 3 is 3.18 bits per heavy atom. The molecule has 3 N–H and O–H groups in total. The van der Waals surface area contributed by atoms with Crippen LogP contribution in [-0.4, -0.2) is 36.8 Å². The van der Waals surface area contributed by atoms with Crippen LogP contribution >= 0.6 is 0 Å². The number of aromatic hydroxyl groups is 1. The van der Waals surface area contributed by atoms with Gasteiger partial charge in [-0.3, -0.25) is 4.79 Å². The molecule has 17 heavy (non-hydrogen) atoms. The molecule has 1 unspecified atom stereocenters. The van der Waals surface area contributed by atoms with Crippen molar-refractivity contribution in [2.75, 3.05) is 25.0 Å². The van der Waals surface area contributed by atoms with Crippen LogP contribution in [-0.2, 0) is 9.53 Å². The van der Waals surface area contributed by atoms with E-state index in [1.165, 1.54) is 6.07 Å². The summed E-state index contributed by atoms with van der Waals surface area (Å²) >= 11 is 0. The highest BCUT2D eigenvalue weighted by atomic mass is 16.5. The molecule has 0 saturated carbocycles. The van der Waals surface area contributed by atoms with Crippen molar-refractivity contribution < 1.29 is 14.6 Å². The van der Waals surface area contributed by atoms with Gasteiger partial charge in [-0.2, -0.15) is 0 Å². The zero-order chi connectivity index (χ0) is 12.1. The maximum Gasteiger partial charge on any atom is 0.227 e. The first-order valence-corrected chi connectivity index (χ1v) is 5.65. The normalized spacial score (nSPS) is 19.9. The molecule has 2 rings (SSSR count). The second kappa shape index (κ2) is 5.65. The van der Waals surface area contributed by atoms with Gasteiger partial charge in [-0.15, -0.1) is 0 Å². The summed E-state index contributed by atoms with van der Waals surface area (Å²) in [6.45, 7) is 2.18. The Kier molecular flexibility index (Phi) is 3.95. The Morgan fingerprint density at radius 1 is 1.59 bits per heavy atom. The third-order valence-electron chi connectivity index (χ3n) is 2.55. The van der Waals surface area contributed by atoms with Gasteiger partial charge in [-0.05, 0) is 12.1 Å². The molecule has 0 bridgehead atoms. The molecule has 1 atom stereocenters. The van der Waals surface area contributed by atoms with Crippen molar-refractivity contribution in [2.45, 2.75) is 12.5 Å². The molecule has 1 aliphatic rings. The molecule has 0 aromatic heterocycles. The summed E-state index contributed by atoms with van der Waals surface area (Å²) in [5.41, 5.74) is 0.596. The van der Waals surface area contributed by atoms with Crippen LogP contribution in [0.4, 0.5) is 5.69 Å². The average molecular weight is 236 g/mol. The smallest absolute Gasteiger partial charge is 0.227 e. The zero-order valence-corrected chi connectivity index (χ0v) is 9.48. The summed E-state index contributed by atoms with van der Waals surface area (Å²) in [5, 5.41) is 15.2. The summed E-state index contributed by atoms with van der Waals surface area (Å²) < 4.78 is 5.44. The lowest BCUT2D eigenvalue weighted by Gasteiger charge is -2.23. The van der Waals surface area contributed by atoms with Crippen molar-refractivity contribution in [1.82, 2.24) is 5.32 Å². The van der Waals surface area contributed by atoms with Crippen LogP contribution in [0.5, 0.6) is 5.75 Å². The highest BCUT2D eigenvalue weighted by Crippen LogP contribution is 2.15. The second-order valence-electron chi connectivity index (χ2n) is 4.00. The zero-order valence-electron chi connectivity index (χ0n) is 9.48. The molecule has 0 radical (unpaired) electrons. The van der Waals surface area contributed by atoms with Crippen molar-refractivity contribution in [3.63, 3.8) is 0 Å². The maximum absolute atomic E-state index is 11.7. The van der Waals surface area contributed by atoms with Gasteiger partial charge in [0.15, 0.2) is 0 Å². The van der Waals surface area contributed by atoms with Crippen LogP contribution in [0.1, 0.15) is 6.42 Å². The van der Waals surface area contributed by atoms with E-state index in [1.54, 1.807) is 18.2 Å². The van der Waals surface area contributed by atoms with Gasteiger partial charge in [0.2, 0.25) is 5.91 Å². The summed E-state index contributed by atoms with van der Waals surface area (Å²) in [5.74, 6) is 0.0303. The number of hydrogen-bond acceptors (Lipinski definition) is 4. The van der Waals surface area contributed by atoms with Crippen molar-refractivity contribution in [3.8, 4) is 5.75 Å². The first kappa shape index (κ1) is 11.9. The van der Waals surface area contributed by atoms with Crippen LogP contribution in [0, 0.1) is 0 Å². The molecule has 1 aromatic carbocycles. The largest absolute Gasteiger partial charge is 0.508 e. The number of phenolic OH excluding ortho intramolecular Hbond substituents is 1. The highest BCUT2D eigenvalue weighted by molar-refractivity contribution is 5.91. The van der Waals surface area contributed by atoms with Crippen LogP contribution in [0.15, 0.2) is 24.3 Å². The molecule has 5 nitrogen and oxygen atoms in total. The predicted octanol–water partition coefficient (Wildman–Crippen LogP) is 0.709. The summed E-state index contributed by atoms with van der Waals surface area (Å²) in [6, 6.07) is 6.49. The summed E-state index contributed by atoms with van der Waals surface area (Å²) in [6.07, 6.45) is 0.254. The minimum absolute atomic E-state index is 0.0685. The molecule has 1 saturated heterocycles. The van der Waals surface area contributed by atoms with Crippen LogP contribution in [0.3, 0.4) is 0 Å². The minimum Gasteiger partial charge on any atom is -0.508 e. The van der Waals surface area contributed by atoms with Gasteiger partial charge < -0.3 is 20.5 Å². The molecule has 1 aliphatic heterocycles. The quantitative estimate of drug-likeness (QED) is 0.723. The van der Waals surface area contributed by atoms with Crippen molar-refractivity contribution in [2.24, 2.45) is 0 Å². The molecule has 1 amide bonds. The molecule has 0 spiro atoms. The van der Waals surface area contributed by atoms with E-state index in [4.69, 9.17) is 4.74 Å².